The van der Waals surface area contributed by atoms with Crippen molar-refractivity contribution in [1.29, 1.82) is 0 Å². The van der Waals surface area contributed by atoms with Crippen LogP contribution < -0.4 is 0 Å². The molecule has 1 atom stereocenters. The van der Waals surface area contributed by atoms with Crippen molar-refractivity contribution in [2.75, 3.05) is 6.54 Å². The second kappa shape index (κ2) is 4.80. The van der Waals surface area contributed by atoms with Gasteiger partial charge >= 0.3 is 0 Å². The van der Waals surface area contributed by atoms with Crippen LogP contribution in [0.15, 0.2) is 40.3 Å². The lowest BCUT2D eigenvalue weighted by Gasteiger charge is -2.30. The second-order valence-electron chi connectivity index (χ2n) is 5.72. The lowest BCUT2D eigenvalue weighted by atomic mass is 10.1. The SMILES string of the molecule is CCn1nc(C)c2c1C1=NCC(c3ccccc3)N1C(C)=N2. The third-order valence-corrected chi connectivity index (χ3v) is 4.37. The van der Waals surface area contributed by atoms with E-state index in [9.17, 15) is 0 Å². The minimum absolute atomic E-state index is 0.230. The molecule has 0 bridgehead atoms. The van der Waals surface area contributed by atoms with E-state index in [-0.39, 0.29) is 6.04 Å². The maximum Gasteiger partial charge on any atom is 0.158 e. The molecule has 0 radical (unpaired) electrons. The van der Waals surface area contributed by atoms with Crippen LogP contribution in [0.5, 0.6) is 0 Å². The zero-order valence-electron chi connectivity index (χ0n) is 13.1. The highest BCUT2D eigenvalue weighted by atomic mass is 15.4. The first-order valence-electron chi connectivity index (χ1n) is 7.72. The Hall–Kier alpha value is -2.43. The summed E-state index contributed by atoms with van der Waals surface area (Å²) >= 11 is 0. The number of amidine groups is 2. The maximum absolute atomic E-state index is 4.83. The van der Waals surface area contributed by atoms with Crippen LogP contribution in [0.4, 0.5) is 5.69 Å². The summed E-state index contributed by atoms with van der Waals surface area (Å²) < 4.78 is 2.01. The van der Waals surface area contributed by atoms with Crippen LogP contribution in [0.1, 0.15) is 36.8 Å². The van der Waals surface area contributed by atoms with Crippen LogP contribution >= 0.6 is 0 Å². The molecule has 5 heteroatoms. The molecule has 22 heavy (non-hydrogen) atoms. The topological polar surface area (TPSA) is 45.8 Å². The van der Waals surface area contributed by atoms with Crippen molar-refractivity contribution in [3.8, 4) is 0 Å². The highest BCUT2D eigenvalue weighted by molar-refractivity contribution is 6.15. The van der Waals surface area contributed by atoms with E-state index in [0.29, 0.717) is 0 Å². The predicted molar refractivity (Wildman–Crippen MR) is 87.8 cm³/mol. The Morgan fingerprint density at radius 2 is 1.95 bits per heavy atom. The zero-order chi connectivity index (χ0) is 15.3. The summed E-state index contributed by atoms with van der Waals surface area (Å²) in [6, 6.07) is 10.8. The average molecular weight is 293 g/mol. The van der Waals surface area contributed by atoms with Gasteiger partial charge in [0, 0.05) is 6.54 Å². The number of rotatable bonds is 2. The Kier molecular flexibility index (Phi) is 2.89. The zero-order valence-corrected chi connectivity index (χ0v) is 13.1. The molecule has 1 aromatic carbocycles. The van der Waals surface area contributed by atoms with E-state index in [2.05, 4.69) is 48.1 Å². The predicted octanol–water partition coefficient (Wildman–Crippen LogP) is 3.08. The summed E-state index contributed by atoms with van der Waals surface area (Å²) in [4.78, 5) is 11.9. The molecule has 3 heterocycles. The minimum Gasteiger partial charge on any atom is -0.304 e. The Morgan fingerprint density at radius 1 is 1.18 bits per heavy atom. The van der Waals surface area contributed by atoms with Crippen molar-refractivity contribution in [2.45, 2.75) is 33.4 Å². The van der Waals surface area contributed by atoms with E-state index in [1.807, 2.05) is 17.7 Å². The Labute approximate surface area is 130 Å². The normalized spacial score (nSPS) is 19.6. The van der Waals surface area contributed by atoms with Gasteiger partial charge in [-0.3, -0.25) is 9.67 Å². The van der Waals surface area contributed by atoms with Gasteiger partial charge in [0.25, 0.3) is 0 Å². The third kappa shape index (κ3) is 1.75. The first kappa shape index (κ1) is 13.2. The lowest BCUT2D eigenvalue weighted by Crippen LogP contribution is -2.38. The molecule has 5 nitrogen and oxygen atoms in total. The summed E-state index contributed by atoms with van der Waals surface area (Å²) in [5.41, 5.74) is 4.28. The third-order valence-electron chi connectivity index (χ3n) is 4.37. The largest absolute Gasteiger partial charge is 0.304 e. The van der Waals surface area contributed by atoms with Crippen molar-refractivity contribution in [3.63, 3.8) is 0 Å². The fourth-order valence-corrected chi connectivity index (χ4v) is 3.35. The molecule has 0 N–H and O–H groups in total. The monoisotopic (exact) mass is 293 g/mol. The number of hydrogen-bond donors (Lipinski definition) is 0. The number of aryl methyl sites for hydroxylation is 2. The van der Waals surface area contributed by atoms with E-state index in [1.165, 1.54) is 5.56 Å². The number of nitrogens with zero attached hydrogens (tertiary/aromatic N) is 5. The van der Waals surface area contributed by atoms with Gasteiger partial charge < -0.3 is 4.90 Å². The van der Waals surface area contributed by atoms with E-state index >= 15 is 0 Å². The van der Waals surface area contributed by atoms with Crippen molar-refractivity contribution < 1.29 is 0 Å². The first-order chi connectivity index (χ1) is 10.7. The summed E-state index contributed by atoms with van der Waals surface area (Å²) in [6.07, 6.45) is 0. The van der Waals surface area contributed by atoms with Gasteiger partial charge in [-0.05, 0) is 26.3 Å². The molecule has 0 aliphatic carbocycles. The highest BCUT2D eigenvalue weighted by Gasteiger charge is 2.38. The quantitative estimate of drug-likeness (QED) is 0.854. The maximum atomic E-state index is 4.83. The van der Waals surface area contributed by atoms with Crippen LogP contribution in [0.2, 0.25) is 0 Å². The van der Waals surface area contributed by atoms with Gasteiger partial charge in [-0.25, -0.2) is 4.99 Å². The molecule has 2 aliphatic heterocycles. The van der Waals surface area contributed by atoms with Gasteiger partial charge in [-0.2, -0.15) is 5.10 Å². The van der Waals surface area contributed by atoms with E-state index in [4.69, 9.17) is 9.98 Å². The molecule has 0 saturated heterocycles. The molecular weight excluding hydrogens is 274 g/mol. The average Bonchev–Trinajstić information content (AvgIpc) is 3.11. The molecule has 1 unspecified atom stereocenters. The molecule has 0 spiro atoms. The fourth-order valence-electron chi connectivity index (χ4n) is 3.35. The molecule has 2 aliphatic rings. The Balaban J connectivity index is 1.84. The van der Waals surface area contributed by atoms with Gasteiger partial charge in [0.2, 0.25) is 0 Å². The second-order valence-corrected chi connectivity index (χ2v) is 5.72. The number of hydrogen-bond acceptors (Lipinski definition) is 4. The van der Waals surface area contributed by atoms with E-state index in [1.54, 1.807) is 0 Å². The standard InChI is InChI=1S/C17H19N5/c1-4-21-16-15(11(2)20-21)19-12(3)22-14(10-18-17(16)22)13-8-6-5-7-9-13/h5-9,14H,4,10H2,1-3H3. The summed E-state index contributed by atoms with van der Waals surface area (Å²) in [5, 5.41) is 4.61. The summed E-state index contributed by atoms with van der Waals surface area (Å²) in [6.45, 7) is 7.77. The van der Waals surface area contributed by atoms with Gasteiger partial charge in [-0.15, -0.1) is 0 Å². The molecule has 0 amide bonds. The van der Waals surface area contributed by atoms with Crippen LogP contribution in [-0.2, 0) is 6.54 Å². The first-order valence-corrected chi connectivity index (χ1v) is 7.72. The lowest BCUT2D eigenvalue weighted by molar-refractivity contribution is 0.489. The van der Waals surface area contributed by atoms with Crippen molar-refractivity contribution >= 4 is 17.4 Å². The molecule has 0 saturated carbocycles. The summed E-state index contributed by atoms with van der Waals surface area (Å²) in [5.74, 6) is 2.01. The number of fused-ring (bicyclic) bond motifs is 3. The minimum atomic E-state index is 0.230. The van der Waals surface area contributed by atoms with E-state index < -0.39 is 0 Å². The molecular formula is C17H19N5. The molecule has 0 fully saturated rings. The smallest absolute Gasteiger partial charge is 0.158 e. The fraction of sp³-hybridized carbons (Fsp3) is 0.353. The van der Waals surface area contributed by atoms with Crippen LogP contribution in [-0.4, -0.2) is 32.9 Å². The number of aliphatic imine (C=N–C) groups is 2. The Bertz CT molecular complexity index is 785. The van der Waals surface area contributed by atoms with Crippen molar-refractivity contribution in [1.82, 2.24) is 14.7 Å². The number of aromatic nitrogens is 2. The van der Waals surface area contributed by atoms with Crippen LogP contribution in [0, 0.1) is 6.92 Å². The van der Waals surface area contributed by atoms with Gasteiger partial charge in [0.1, 0.15) is 17.2 Å². The number of benzene rings is 1. The van der Waals surface area contributed by atoms with Gasteiger partial charge in [0.15, 0.2) is 5.84 Å². The molecule has 2 aromatic rings. The molecule has 4 rings (SSSR count). The van der Waals surface area contributed by atoms with Crippen molar-refractivity contribution in [2.24, 2.45) is 9.98 Å². The Morgan fingerprint density at radius 3 is 2.68 bits per heavy atom. The van der Waals surface area contributed by atoms with Gasteiger partial charge in [-0.1, -0.05) is 30.3 Å². The highest BCUT2D eigenvalue weighted by Crippen LogP contribution is 2.37. The van der Waals surface area contributed by atoms with Crippen LogP contribution in [0.25, 0.3) is 0 Å². The molecule has 112 valence electrons. The van der Waals surface area contributed by atoms with E-state index in [0.717, 1.165) is 41.8 Å². The summed E-state index contributed by atoms with van der Waals surface area (Å²) in [7, 11) is 0. The van der Waals surface area contributed by atoms with Crippen LogP contribution in [0.3, 0.4) is 0 Å². The molecule has 1 aromatic heterocycles. The van der Waals surface area contributed by atoms with Crippen molar-refractivity contribution in [3.05, 3.63) is 47.3 Å². The van der Waals surface area contributed by atoms with Gasteiger partial charge in [0.05, 0.1) is 18.3 Å².